The predicted octanol–water partition coefficient (Wildman–Crippen LogP) is 5.07. The summed E-state index contributed by atoms with van der Waals surface area (Å²) in [5, 5.41) is 3.82. The minimum absolute atomic E-state index is 0.525. The molecule has 1 aromatic carbocycles. The Hall–Kier alpha value is -2.36. The highest BCUT2D eigenvalue weighted by molar-refractivity contribution is 5.78. The van der Waals surface area contributed by atoms with Crippen LogP contribution in [0.1, 0.15) is 49.1 Å². The minimum Gasteiger partial charge on any atom is -0.367 e. The van der Waals surface area contributed by atoms with Gasteiger partial charge < -0.3 is 5.32 Å². The van der Waals surface area contributed by atoms with E-state index in [0.717, 1.165) is 23.0 Å². The van der Waals surface area contributed by atoms with Crippen LogP contribution < -0.4 is 5.32 Å². The first kappa shape index (κ1) is 16.1. The first-order valence-electron chi connectivity index (χ1n) is 9.33. The Morgan fingerprint density at radius 2 is 1.76 bits per heavy atom. The lowest BCUT2D eigenvalue weighted by molar-refractivity contribution is 0.461. The van der Waals surface area contributed by atoms with Crippen molar-refractivity contribution < 1.29 is 0 Å². The number of benzene rings is 1. The fraction of sp³-hybridized carbons (Fsp3) is 0.429. The van der Waals surface area contributed by atoms with Gasteiger partial charge in [0.05, 0.1) is 0 Å². The van der Waals surface area contributed by atoms with Crippen LogP contribution in [0, 0.1) is 20.8 Å². The zero-order valence-electron chi connectivity index (χ0n) is 15.3. The Bertz CT molecular complexity index is 904. The largest absolute Gasteiger partial charge is 0.367 e. The van der Waals surface area contributed by atoms with Crippen molar-refractivity contribution in [3.63, 3.8) is 0 Å². The predicted molar refractivity (Wildman–Crippen MR) is 103 cm³/mol. The van der Waals surface area contributed by atoms with Crippen LogP contribution in [0.2, 0.25) is 0 Å². The molecule has 130 valence electrons. The molecule has 0 unspecified atom stereocenters. The minimum atomic E-state index is 0.525. The van der Waals surface area contributed by atoms with Gasteiger partial charge in [-0.3, -0.25) is 4.40 Å². The highest BCUT2D eigenvalue weighted by Gasteiger charge is 2.21. The molecule has 4 rings (SSSR count). The molecule has 1 N–H and O–H groups in total. The van der Waals surface area contributed by atoms with Crippen LogP contribution in [-0.2, 0) is 0 Å². The average Bonchev–Trinajstić information content (AvgIpc) is 2.94. The van der Waals surface area contributed by atoms with Gasteiger partial charge in [0, 0.05) is 23.0 Å². The molecule has 0 saturated heterocycles. The second-order valence-corrected chi connectivity index (χ2v) is 7.28. The monoisotopic (exact) mass is 334 g/mol. The van der Waals surface area contributed by atoms with E-state index in [1.807, 2.05) is 6.92 Å². The quantitative estimate of drug-likeness (QED) is 0.727. The highest BCUT2D eigenvalue weighted by Crippen LogP contribution is 2.33. The van der Waals surface area contributed by atoms with Crippen LogP contribution in [0.25, 0.3) is 17.0 Å². The van der Waals surface area contributed by atoms with E-state index in [1.165, 1.54) is 48.9 Å². The standard InChI is InChI=1S/C21H26N4/c1-14-9-7-8-12-18(14)19-20(23-17-10-5-4-6-11-17)25-16(3)13-15(2)22-21(25)24-19/h7-9,12-13,17,23H,4-6,10-11H2,1-3H3. The molecule has 0 atom stereocenters. The van der Waals surface area contributed by atoms with E-state index in [2.05, 4.69) is 58.9 Å². The molecule has 2 aromatic heterocycles. The zero-order valence-corrected chi connectivity index (χ0v) is 15.3. The number of hydrogen-bond acceptors (Lipinski definition) is 3. The SMILES string of the molecule is Cc1cc(C)n2c(NC3CCCCC3)c(-c3ccccc3C)nc2n1. The van der Waals surface area contributed by atoms with Crippen LogP contribution >= 0.6 is 0 Å². The number of nitrogens with one attached hydrogen (secondary N) is 1. The van der Waals surface area contributed by atoms with Crippen molar-refractivity contribution in [2.75, 3.05) is 5.32 Å². The van der Waals surface area contributed by atoms with E-state index in [0.29, 0.717) is 6.04 Å². The number of aryl methyl sites for hydroxylation is 3. The highest BCUT2D eigenvalue weighted by atomic mass is 15.2. The molecular weight excluding hydrogens is 308 g/mol. The summed E-state index contributed by atoms with van der Waals surface area (Å²) in [7, 11) is 0. The van der Waals surface area contributed by atoms with Crippen molar-refractivity contribution in [3.05, 3.63) is 47.3 Å². The smallest absolute Gasteiger partial charge is 0.236 e. The molecule has 1 fully saturated rings. The normalized spacial score (nSPS) is 15.6. The summed E-state index contributed by atoms with van der Waals surface area (Å²) in [4.78, 5) is 9.60. The number of nitrogens with zero attached hydrogens (tertiary/aromatic N) is 3. The van der Waals surface area contributed by atoms with E-state index in [-0.39, 0.29) is 0 Å². The fourth-order valence-electron chi connectivity index (χ4n) is 3.97. The Balaban J connectivity index is 1.90. The lowest BCUT2D eigenvalue weighted by Gasteiger charge is -2.24. The summed E-state index contributed by atoms with van der Waals surface area (Å²) in [6.45, 7) is 6.32. The molecule has 1 aliphatic carbocycles. The van der Waals surface area contributed by atoms with Gasteiger partial charge in [0.15, 0.2) is 0 Å². The number of hydrogen-bond donors (Lipinski definition) is 1. The second-order valence-electron chi connectivity index (χ2n) is 7.28. The lowest BCUT2D eigenvalue weighted by Crippen LogP contribution is -2.23. The average molecular weight is 334 g/mol. The van der Waals surface area contributed by atoms with E-state index < -0.39 is 0 Å². The molecule has 1 aliphatic rings. The zero-order chi connectivity index (χ0) is 17.4. The molecular formula is C21H26N4. The molecule has 0 amide bonds. The summed E-state index contributed by atoms with van der Waals surface area (Å²) in [6.07, 6.45) is 6.45. The third-order valence-corrected chi connectivity index (χ3v) is 5.25. The lowest BCUT2D eigenvalue weighted by atomic mass is 9.95. The van der Waals surface area contributed by atoms with Gasteiger partial charge in [0.25, 0.3) is 0 Å². The molecule has 2 heterocycles. The van der Waals surface area contributed by atoms with Gasteiger partial charge in [-0.2, -0.15) is 0 Å². The molecule has 1 saturated carbocycles. The molecule has 25 heavy (non-hydrogen) atoms. The van der Waals surface area contributed by atoms with Crippen molar-refractivity contribution >= 4 is 11.6 Å². The van der Waals surface area contributed by atoms with Crippen LogP contribution in [-0.4, -0.2) is 20.4 Å². The number of rotatable bonds is 3. The van der Waals surface area contributed by atoms with Crippen molar-refractivity contribution in [2.45, 2.75) is 58.9 Å². The van der Waals surface area contributed by atoms with E-state index in [4.69, 9.17) is 4.98 Å². The molecule has 0 aliphatic heterocycles. The maximum atomic E-state index is 4.92. The Labute approximate surface area is 149 Å². The molecule has 0 radical (unpaired) electrons. The van der Waals surface area contributed by atoms with Gasteiger partial charge in [-0.05, 0) is 45.2 Å². The van der Waals surface area contributed by atoms with E-state index in [1.54, 1.807) is 0 Å². The summed E-state index contributed by atoms with van der Waals surface area (Å²) in [5.41, 5.74) is 5.63. The summed E-state index contributed by atoms with van der Waals surface area (Å²) in [6, 6.07) is 11.1. The van der Waals surface area contributed by atoms with Gasteiger partial charge in [0.2, 0.25) is 5.78 Å². The van der Waals surface area contributed by atoms with Crippen molar-refractivity contribution in [1.29, 1.82) is 0 Å². The van der Waals surface area contributed by atoms with E-state index >= 15 is 0 Å². The molecule has 3 aromatic rings. The molecule has 0 spiro atoms. The summed E-state index contributed by atoms with van der Waals surface area (Å²) < 4.78 is 2.18. The topological polar surface area (TPSA) is 42.2 Å². The number of anilines is 1. The number of fused-ring (bicyclic) bond motifs is 1. The molecule has 0 bridgehead atoms. The Morgan fingerprint density at radius 3 is 2.52 bits per heavy atom. The van der Waals surface area contributed by atoms with Crippen LogP contribution in [0.4, 0.5) is 5.82 Å². The van der Waals surface area contributed by atoms with Gasteiger partial charge in [-0.15, -0.1) is 0 Å². The van der Waals surface area contributed by atoms with Gasteiger partial charge >= 0.3 is 0 Å². The van der Waals surface area contributed by atoms with Crippen molar-refractivity contribution in [1.82, 2.24) is 14.4 Å². The van der Waals surface area contributed by atoms with E-state index in [9.17, 15) is 0 Å². The fourth-order valence-corrected chi connectivity index (χ4v) is 3.97. The van der Waals surface area contributed by atoms with Crippen LogP contribution in [0.5, 0.6) is 0 Å². The number of imidazole rings is 1. The summed E-state index contributed by atoms with van der Waals surface area (Å²) in [5.74, 6) is 1.88. The molecule has 4 heteroatoms. The second kappa shape index (κ2) is 6.51. The Morgan fingerprint density at radius 1 is 1.00 bits per heavy atom. The van der Waals surface area contributed by atoms with Crippen LogP contribution in [0.15, 0.2) is 30.3 Å². The van der Waals surface area contributed by atoms with Gasteiger partial charge in [0.1, 0.15) is 11.5 Å². The van der Waals surface area contributed by atoms with Gasteiger partial charge in [-0.25, -0.2) is 9.97 Å². The van der Waals surface area contributed by atoms with Gasteiger partial charge in [-0.1, -0.05) is 43.5 Å². The summed E-state index contributed by atoms with van der Waals surface area (Å²) >= 11 is 0. The Kier molecular flexibility index (Phi) is 4.20. The third-order valence-electron chi connectivity index (χ3n) is 5.25. The molecule has 4 nitrogen and oxygen atoms in total. The maximum absolute atomic E-state index is 4.92. The maximum Gasteiger partial charge on any atom is 0.236 e. The van der Waals surface area contributed by atoms with Crippen molar-refractivity contribution in [2.24, 2.45) is 0 Å². The van der Waals surface area contributed by atoms with Crippen molar-refractivity contribution in [3.8, 4) is 11.3 Å². The third kappa shape index (κ3) is 3.01. The first-order valence-corrected chi connectivity index (χ1v) is 9.33. The number of aromatic nitrogens is 3. The van der Waals surface area contributed by atoms with Crippen LogP contribution in [0.3, 0.4) is 0 Å². The first-order chi connectivity index (χ1) is 12.1.